The number of anilines is 2. The molecule has 0 saturated carbocycles. The predicted octanol–water partition coefficient (Wildman–Crippen LogP) is 3.50. The molecule has 0 spiro atoms. The minimum Gasteiger partial charge on any atom is -0.383 e. The largest absolute Gasteiger partial charge is 0.383 e. The first kappa shape index (κ1) is 14.7. The fourth-order valence-corrected chi connectivity index (χ4v) is 2.44. The van der Waals surface area contributed by atoms with E-state index in [0.29, 0.717) is 0 Å². The lowest BCUT2D eigenvalue weighted by atomic mass is 10.1. The summed E-state index contributed by atoms with van der Waals surface area (Å²) < 4.78 is 2.00. The zero-order valence-corrected chi connectivity index (χ0v) is 12.9. The average molecular weight is 274 g/mol. The molecule has 2 aromatic rings. The highest BCUT2D eigenvalue weighted by atomic mass is 15.1. The fraction of sp³-hybridized carbons (Fsp3) is 0.562. The van der Waals surface area contributed by atoms with Crippen LogP contribution in [0.1, 0.15) is 44.7 Å². The summed E-state index contributed by atoms with van der Waals surface area (Å²) in [5.41, 5.74) is 9.35. The van der Waals surface area contributed by atoms with Crippen molar-refractivity contribution in [1.29, 1.82) is 0 Å². The summed E-state index contributed by atoms with van der Waals surface area (Å²) in [5, 5.41) is 0. The van der Waals surface area contributed by atoms with Gasteiger partial charge < -0.3 is 10.6 Å². The Balaban J connectivity index is 2.09. The Morgan fingerprint density at radius 3 is 2.60 bits per heavy atom. The third-order valence-electron chi connectivity index (χ3n) is 3.75. The van der Waals surface area contributed by atoms with Crippen molar-refractivity contribution in [3.63, 3.8) is 0 Å². The molecule has 0 amide bonds. The predicted molar refractivity (Wildman–Crippen MR) is 86.4 cm³/mol. The third-order valence-corrected chi connectivity index (χ3v) is 3.75. The van der Waals surface area contributed by atoms with Crippen LogP contribution in [-0.2, 0) is 6.42 Å². The Kier molecular flexibility index (Phi) is 4.88. The highest BCUT2D eigenvalue weighted by Gasteiger charge is 2.09. The number of aromatic nitrogens is 2. The van der Waals surface area contributed by atoms with Crippen molar-refractivity contribution in [3.8, 4) is 0 Å². The number of hydrogen-bond acceptors (Lipinski definition) is 3. The smallest absolute Gasteiger partial charge is 0.138 e. The van der Waals surface area contributed by atoms with Crippen LogP contribution < -0.4 is 10.6 Å². The number of hydrogen-bond donors (Lipinski definition) is 1. The Morgan fingerprint density at radius 2 is 1.90 bits per heavy atom. The number of pyridine rings is 1. The lowest BCUT2D eigenvalue weighted by Gasteiger charge is -2.12. The van der Waals surface area contributed by atoms with Crippen LogP contribution in [0.2, 0.25) is 0 Å². The number of nitrogen functional groups attached to an aromatic ring is 1. The third kappa shape index (κ3) is 3.24. The van der Waals surface area contributed by atoms with Crippen molar-refractivity contribution < 1.29 is 0 Å². The van der Waals surface area contributed by atoms with Crippen LogP contribution in [0, 0.1) is 0 Å². The fourth-order valence-electron chi connectivity index (χ4n) is 2.44. The van der Waals surface area contributed by atoms with Crippen LogP contribution in [0.25, 0.3) is 5.65 Å². The molecule has 4 nitrogen and oxygen atoms in total. The van der Waals surface area contributed by atoms with Crippen LogP contribution in [0.3, 0.4) is 0 Å². The van der Waals surface area contributed by atoms with Crippen molar-refractivity contribution in [1.82, 2.24) is 9.38 Å². The molecule has 110 valence electrons. The second-order valence-electron chi connectivity index (χ2n) is 5.62. The number of nitrogens with two attached hydrogens (primary N) is 1. The van der Waals surface area contributed by atoms with E-state index in [4.69, 9.17) is 5.73 Å². The molecule has 20 heavy (non-hydrogen) atoms. The Morgan fingerprint density at radius 1 is 1.15 bits per heavy atom. The standard InChI is InChI=1S/C16H26N4/c1-4-5-6-7-8-9-14-16(17)20-12-13(19(2)3)10-11-15(20)18-14/h10-12H,4-9,17H2,1-3H3. The Labute approximate surface area is 121 Å². The van der Waals surface area contributed by atoms with Crippen LogP contribution in [0.15, 0.2) is 18.3 Å². The molecule has 0 saturated heterocycles. The van der Waals surface area contributed by atoms with Gasteiger partial charge in [0.2, 0.25) is 0 Å². The molecule has 4 heteroatoms. The summed E-state index contributed by atoms with van der Waals surface area (Å²) in [5.74, 6) is 0.791. The van der Waals surface area contributed by atoms with Gasteiger partial charge in [-0.25, -0.2) is 4.98 Å². The first-order chi connectivity index (χ1) is 9.63. The zero-order valence-electron chi connectivity index (χ0n) is 12.9. The van der Waals surface area contributed by atoms with Crippen LogP contribution in [0.5, 0.6) is 0 Å². The van der Waals surface area contributed by atoms with Crippen LogP contribution in [-0.4, -0.2) is 23.5 Å². The van der Waals surface area contributed by atoms with Gasteiger partial charge in [0.1, 0.15) is 11.5 Å². The second-order valence-corrected chi connectivity index (χ2v) is 5.62. The monoisotopic (exact) mass is 274 g/mol. The number of fused-ring (bicyclic) bond motifs is 1. The quantitative estimate of drug-likeness (QED) is 0.786. The van der Waals surface area contributed by atoms with Gasteiger partial charge in [-0.3, -0.25) is 4.40 Å². The van der Waals surface area contributed by atoms with Crippen molar-refractivity contribution in [2.45, 2.75) is 45.4 Å². The lowest BCUT2D eigenvalue weighted by molar-refractivity contribution is 0.629. The number of nitrogens with zero attached hydrogens (tertiary/aromatic N) is 3. The summed E-state index contributed by atoms with van der Waals surface area (Å²) in [6, 6.07) is 4.11. The summed E-state index contributed by atoms with van der Waals surface area (Å²) in [7, 11) is 4.06. The van der Waals surface area contributed by atoms with E-state index in [1.165, 1.54) is 32.1 Å². The maximum atomic E-state index is 6.23. The van der Waals surface area contributed by atoms with Gasteiger partial charge in [-0.15, -0.1) is 0 Å². The van der Waals surface area contributed by atoms with Crippen molar-refractivity contribution >= 4 is 17.2 Å². The topological polar surface area (TPSA) is 46.6 Å². The zero-order chi connectivity index (χ0) is 14.5. The Hall–Kier alpha value is -1.71. The van der Waals surface area contributed by atoms with Gasteiger partial charge >= 0.3 is 0 Å². The normalized spacial score (nSPS) is 11.2. The number of unbranched alkanes of at least 4 members (excludes halogenated alkanes) is 4. The molecule has 0 aliphatic carbocycles. The summed E-state index contributed by atoms with van der Waals surface area (Å²) in [6.45, 7) is 2.24. The van der Waals surface area contributed by atoms with Crippen molar-refractivity contribution in [2.24, 2.45) is 0 Å². The van der Waals surface area contributed by atoms with Crippen molar-refractivity contribution in [2.75, 3.05) is 24.7 Å². The Bertz CT molecular complexity index is 557. The molecular weight excluding hydrogens is 248 g/mol. The molecule has 2 aromatic heterocycles. The van der Waals surface area contributed by atoms with Crippen LogP contribution in [0.4, 0.5) is 11.5 Å². The molecule has 2 heterocycles. The molecule has 0 bridgehead atoms. The van der Waals surface area contributed by atoms with Gasteiger partial charge in [0, 0.05) is 20.3 Å². The van der Waals surface area contributed by atoms with E-state index in [2.05, 4.69) is 29.1 Å². The molecule has 0 aromatic carbocycles. The van der Waals surface area contributed by atoms with E-state index in [1.807, 2.05) is 24.6 Å². The molecule has 0 atom stereocenters. The minimum absolute atomic E-state index is 0.791. The minimum atomic E-state index is 0.791. The van der Waals surface area contributed by atoms with E-state index in [1.54, 1.807) is 0 Å². The molecule has 2 rings (SSSR count). The average Bonchev–Trinajstić information content (AvgIpc) is 2.75. The highest BCUT2D eigenvalue weighted by molar-refractivity contribution is 5.58. The maximum Gasteiger partial charge on any atom is 0.138 e. The molecule has 2 N–H and O–H groups in total. The molecule has 0 radical (unpaired) electrons. The highest BCUT2D eigenvalue weighted by Crippen LogP contribution is 2.21. The van der Waals surface area contributed by atoms with E-state index < -0.39 is 0 Å². The molecule has 0 fully saturated rings. The van der Waals surface area contributed by atoms with E-state index in [9.17, 15) is 0 Å². The first-order valence-electron chi connectivity index (χ1n) is 7.57. The number of aryl methyl sites for hydroxylation is 1. The summed E-state index contributed by atoms with van der Waals surface area (Å²) in [4.78, 5) is 6.72. The molecule has 0 aliphatic heterocycles. The summed E-state index contributed by atoms with van der Waals surface area (Å²) >= 11 is 0. The molecule has 0 aliphatic rings. The number of imidazole rings is 1. The van der Waals surface area contributed by atoms with Crippen molar-refractivity contribution in [3.05, 3.63) is 24.0 Å². The van der Waals surface area contributed by atoms with Gasteiger partial charge in [0.25, 0.3) is 0 Å². The van der Waals surface area contributed by atoms with Gasteiger partial charge in [0.05, 0.1) is 11.4 Å². The lowest BCUT2D eigenvalue weighted by Crippen LogP contribution is -2.09. The SMILES string of the molecule is CCCCCCCc1nc2ccc(N(C)C)cn2c1N. The molecular formula is C16H26N4. The van der Waals surface area contributed by atoms with Crippen LogP contribution >= 0.6 is 0 Å². The van der Waals surface area contributed by atoms with E-state index in [-0.39, 0.29) is 0 Å². The maximum absolute atomic E-state index is 6.23. The van der Waals surface area contributed by atoms with Gasteiger partial charge in [-0.2, -0.15) is 0 Å². The number of rotatable bonds is 7. The first-order valence-corrected chi connectivity index (χ1v) is 7.57. The second kappa shape index (κ2) is 6.64. The van der Waals surface area contributed by atoms with Gasteiger partial charge in [0.15, 0.2) is 0 Å². The van der Waals surface area contributed by atoms with E-state index in [0.717, 1.165) is 29.3 Å². The summed E-state index contributed by atoms with van der Waals surface area (Å²) in [6.07, 6.45) is 9.40. The molecule has 0 unspecified atom stereocenters. The van der Waals surface area contributed by atoms with Gasteiger partial charge in [-0.05, 0) is 25.0 Å². The van der Waals surface area contributed by atoms with Gasteiger partial charge in [-0.1, -0.05) is 32.6 Å². The van der Waals surface area contributed by atoms with E-state index >= 15 is 0 Å².